The zero-order valence-corrected chi connectivity index (χ0v) is 10.9. The number of carbonyl (C=O) groups is 1. The van der Waals surface area contributed by atoms with Crippen molar-refractivity contribution in [2.24, 2.45) is 15.0 Å². The molecule has 2 atom stereocenters. The van der Waals surface area contributed by atoms with Gasteiger partial charge in [0.1, 0.15) is 12.6 Å². The fourth-order valence-corrected chi connectivity index (χ4v) is 1.13. The van der Waals surface area contributed by atoms with Gasteiger partial charge >= 0.3 is 5.97 Å². The smallest absolute Gasteiger partial charge is 0.308 e. The lowest BCUT2D eigenvalue weighted by Gasteiger charge is -2.17. The molecule has 0 bridgehead atoms. The van der Waals surface area contributed by atoms with Crippen molar-refractivity contribution in [3.8, 4) is 0 Å². The Hall–Kier alpha value is -2.47. The second-order valence-corrected chi connectivity index (χ2v) is 3.42. The van der Waals surface area contributed by atoms with Crippen LogP contribution in [0.15, 0.2) is 15.0 Å². The third-order valence-electron chi connectivity index (χ3n) is 2.01. The van der Waals surface area contributed by atoms with Crippen LogP contribution in [0.4, 0.5) is 0 Å². The van der Waals surface area contributed by atoms with Crippen LogP contribution in [-0.4, -0.2) is 68.0 Å². The van der Waals surface area contributed by atoms with Crippen LogP contribution in [0.2, 0.25) is 0 Å². The zero-order chi connectivity index (χ0) is 15.9. The maximum absolute atomic E-state index is 11.4. The first-order valence-corrected chi connectivity index (χ1v) is 5.75. The summed E-state index contributed by atoms with van der Waals surface area (Å²) < 4.78 is 9.51. The minimum absolute atomic E-state index is 0.0355. The van der Waals surface area contributed by atoms with Gasteiger partial charge in [0.05, 0.1) is 26.1 Å². The number of aliphatic imine (C=N–C) groups is 3. The van der Waals surface area contributed by atoms with E-state index in [1.807, 2.05) is 0 Å². The highest BCUT2D eigenvalue weighted by atomic mass is 16.6. The number of hydrogen-bond donors (Lipinski definition) is 1. The fourth-order valence-electron chi connectivity index (χ4n) is 1.13. The topological polar surface area (TPSA) is 144 Å². The number of carbonyl (C=O) groups excluding carboxylic acids is 4. The Morgan fingerprint density at radius 2 is 1.67 bits per heavy atom. The number of nitrogens with zero attached hydrogens (tertiary/aromatic N) is 3. The van der Waals surface area contributed by atoms with E-state index in [9.17, 15) is 24.3 Å². The largest absolute Gasteiger partial charge is 0.464 e. The van der Waals surface area contributed by atoms with Crippen molar-refractivity contribution in [2.75, 3.05) is 26.3 Å². The molecule has 0 rings (SSSR count). The second-order valence-electron chi connectivity index (χ2n) is 3.42. The van der Waals surface area contributed by atoms with Crippen LogP contribution in [-0.2, 0) is 28.7 Å². The summed E-state index contributed by atoms with van der Waals surface area (Å²) in [5, 5.41) is 9.59. The lowest BCUT2D eigenvalue weighted by molar-refractivity contribution is -0.150. The number of hydrogen-bond acceptors (Lipinski definition) is 10. The summed E-state index contributed by atoms with van der Waals surface area (Å²) in [5.74, 6) is -0.770. The normalized spacial score (nSPS) is 12.0. The van der Waals surface area contributed by atoms with Gasteiger partial charge < -0.3 is 14.6 Å². The quantitative estimate of drug-likeness (QED) is 0.163. The second kappa shape index (κ2) is 12.6. The van der Waals surface area contributed by atoms with Gasteiger partial charge in [0.15, 0.2) is 6.29 Å². The van der Waals surface area contributed by atoms with Crippen LogP contribution in [0.25, 0.3) is 0 Å². The number of aliphatic hydroxyl groups excluding tert-OH is 1. The monoisotopic (exact) mass is 299 g/mol. The van der Waals surface area contributed by atoms with Crippen LogP contribution in [0, 0.1) is 0 Å². The summed E-state index contributed by atoms with van der Waals surface area (Å²) >= 11 is 0. The summed E-state index contributed by atoms with van der Waals surface area (Å²) in [7, 11) is 0. The SMILES string of the molecule is O=C=NCCOC(=O)CC(N=C=O)C(O)OCCN=C=O. The lowest BCUT2D eigenvalue weighted by atomic mass is 10.2. The molecule has 0 saturated carbocycles. The molecule has 114 valence electrons. The van der Waals surface area contributed by atoms with Gasteiger partial charge in [0, 0.05) is 0 Å². The van der Waals surface area contributed by atoms with Crippen LogP contribution < -0.4 is 0 Å². The van der Waals surface area contributed by atoms with Crippen molar-refractivity contribution in [3.05, 3.63) is 0 Å². The number of aliphatic hydroxyl groups is 1. The summed E-state index contributed by atoms with van der Waals surface area (Å²) in [4.78, 5) is 50.8. The van der Waals surface area contributed by atoms with E-state index >= 15 is 0 Å². The maximum Gasteiger partial charge on any atom is 0.308 e. The van der Waals surface area contributed by atoms with E-state index in [2.05, 4.69) is 19.7 Å². The highest BCUT2D eigenvalue weighted by Crippen LogP contribution is 2.07. The Morgan fingerprint density at radius 3 is 2.24 bits per heavy atom. The highest BCUT2D eigenvalue weighted by molar-refractivity contribution is 5.70. The van der Waals surface area contributed by atoms with Crippen LogP contribution in [0.5, 0.6) is 0 Å². The summed E-state index contributed by atoms with van der Waals surface area (Å²) in [6, 6.07) is -1.20. The molecule has 0 saturated heterocycles. The van der Waals surface area contributed by atoms with Gasteiger partial charge in [-0.2, -0.15) is 4.99 Å². The molecule has 0 radical (unpaired) electrons. The minimum Gasteiger partial charge on any atom is -0.464 e. The molecule has 10 nitrogen and oxygen atoms in total. The molecule has 0 aromatic heterocycles. The van der Waals surface area contributed by atoms with E-state index < -0.39 is 24.7 Å². The Balaban J connectivity index is 4.26. The molecule has 0 aliphatic carbocycles. The highest BCUT2D eigenvalue weighted by Gasteiger charge is 2.23. The first kappa shape index (κ1) is 18.5. The minimum atomic E-state index is -1.56. The molecular formula is C11H13N3O7. The van der Waals surface area contributed by atoms with Crippen molar-refractivity contribution in [2.45, 2.75) is 18.8 Å². The third kappa shape index (κ3) is 10.0. The van der Waals surface area contributed by atoms with Crippen molar-refractivity contribution in [1.82, 2.24) is 0 Å². The maximum atomic E-state index is 11.4. The average Bonchev–Trinajstić information content (AvgIpc) is 2.47. The number of esters is 1. The first-order chi connectivity index (χ1) is 10.2. The lowest BCUT2D eigenvalue weighted by Crippen LogP contribution is -2.31. The van der Waals surface area contributed by atoms with Gasteiger partial charge in [-0.05, 0) is 0 Å². The van der Waals surface area contributed by atoms with E-state index in [-0.39, 0.29) is 26.3 Å². The Bertz CT molecular complexity index is 462. The van der Waals surface area contributed by atoms with Gasteiger partial charge in [0.2, 0.25) is 18.2 Å². The molecule has 0 aliphatic heterocycles. The van der Waals surface area contributed by atoms with E-state index in [4.69, 9.17) is 4.74 Å². The molecular weight excluding hydrogens is 286 g/mol. The Kier molecular flexibility index (Phi) is 11.1. The molecule has 0 amide bonds. The molecule has 0 aromatic rings. The van der Waals surface area contributed by atoms with Gasteiger partial charge in [-0.3, -0.25) is 4.79 Å². The number of isocyanates is 3. The van der Waals surface area contributed by atoms with Gasteiger partial charge in [-0.25, -0.2) is 24.4 Å². The van der Waals surface area contributed by atoms with Crippen LogP contribution in [0.1, 0.15) is 6.42 Å². The predicted octanol–water partition coefficient (Wildman–Crippen LogP) is -1.37. The molecule has 21 heavy (non-hydrogen) atoms. The Labute approximate surface area is 119 Å². The average molecular weight is 299 g/mol. The summed E-state index contributed by atoms with van der Waals surface area (Å²) in [6.45, 7) is -0.340. The molecule has 0 fully saturated rings. The summed E-state index contributed by atoms with van der Waals surface area (Å²) in [6.07, 6.45) is 1.76. The first-order valence-electron chi connectivity index (χ1n) is 5.75. The van der Waals surface area contributed by atoms with Crippen LogP contribution >= 0.6 is 0 Å². The molecule has 0 heterocycles. The van der Waals surface area contributed by atoms with Gasteiger partial charge in [-0.15, -0.1) is 0 Å². The molecule has 0 spiro atoms. The molecule has 10 heteroatoms. The third-order valence-corrected chi connectivity index (χ3v) is 2.01. The van der Waals surface area contributed by atoms with Crippen molar-refractivity contribution >= 4 is 24.2 Å². The fraction of sp³-hybridized carbons (Fsp3) is 0.636. The van der Waals surface area contributed by atoms with Crippen molar-refractivity contribution in [1.29, 1.82) is 0 Å². The van der Waals surface area contributed by atoms with Gasteiger partial charge in [-0.1, -0.05) is 0 Å². The van der Waals surface area contributed by atoms with Crippen LogP contribution in [0.3, 0.4) is 0 Å². The molecule has 1 N–H and O–H groups in total. The zero-order valence-electron chi connectivity index (χ0n) is 10.9. The van der Waals surface area contributed by atoms with E-state index in [0.717, 1.165) is 0 Å². The number of ether oxygens (including phenoxy) is 2. The predicted molar refractivity (Wildman–Crippen MR) is 65.4 cm³/mol. The molecule has 2 unspecified atom stereocenters. The van der Waals surface area contributed by atoms with E-state index in [0.29, 0.717) is 0 Å². The number of rotatable bonds is 11. The summed E-state index contributed by atoms with van der Waals surface area (Å²) in [5.41, 5.74) is 0. The molecule has 0 aliphatic rings. The van der Waals surface area contributed by atoms with E-state index in [1.165, 1.54) is 18.2 Å². The standard InChI is InChI=1S/C11H13N3O7/c15-6-12-1-3-20-10(18)5-9(14-8-17)11(19)21-4-2-13-7-16/h9,11,19H,1-5H2. The van der Waals surface area contributed by atoms with Crippen molar-refractivity contribution in [3.63, 3.8) is 0 Å². The Morgan fingerprint density at radius 1 is 1.05 bits per heavy atom. The van der Waals surface area contributed by atoms with Gasteiger partial charge in [0.25, 0.3) is 0 Å². The van der Waals surface area contributed by atoms with Crippen molar-refractivity contribution < 1.29 is 33.8 Å². The molecule has 0 aromatic carbocycles. The van der Waals surface area contributed by atoms with E-state index in [1.54, 1.807) is 0 Å².